The number of carbonyl (C=O) groups is 1. The molecule has 0 atom stereocenters. The molecule has 3 heterocycles. The second kappa shape index (κ2) is 9.41. The third-order valence-corrected chi connectivity index (χ3v) is 7.52. The fourth-order valence-electron chi connectivity index (χ4n) is 4.56. The van der Waals surface area contributed by atoms with Crippen molar-refractivity contribution in [2.45, 2.75) is 32.1 Å². The molecule has 0 spiro atoms. The molecule has 0 bridgehead atoms. The minimum atomic E-state index is 0.00214. The Labute approximate surface area is 194 Å². The number of amidine groups is 1. The summed E-state index contributed by atoms with van der Waals surface area (Å²) in [5.41, 5.74) is 4.45. The molecule has 3 saturated heterocycles. The molecule has 5 nitrogen and oxygen atoms in total. The van der Waals surface area contributed by atoms with E-state index in [0.29, 0.717) is 4.91 Å². The van der Waals surface area contributed by atoms with Crippen LogP contribution in [0.15, 0.2) is 58.4 Å². The molecule has 32 heavy (non-hydrogen) atoms. The highest BCUT2D eigenvalue weighted by molar-refractivity contribution is 8.18. The van der Waals surface area contributed by atoms with Gasteiger partial charge < -0.3 is 9.80 Å². The number of amides is 1. The number of piperidine rings is 1. The first-order valence-corrected chi connectivity index (χ1v) is 12.5. The SMILES string of the molecule is CN1C(=O)/C(=C/c2ccc(N3CCCC3)cc2)SC1=Nc1ccc(N2CCCCC2)cc1. The smallest absolute Gasteiger partial charge is 0.266 e. The zero-order valence-corrected chi connectivity index (χ0v) is 19.5. The minimum Gasteiger partial charge on any atom is -0.372 e. The molecular formula is C26H30N4OS. The molecule has 3 aliphatic heterocycles. The summed E-state index contributed by atoms with van der Waals surface area (Å²) in [6, 6.07) is 16.9. The number of hydrogen-bond acceptors (Lipinski definition) is 5. The monoisotopic (exact) mass is 446 g/mol. The van der Waals surface area contributed by atoms with E-state index in [1.807, 2.05) is 6.08 Å². The molecule has 0 radical (unpaired) electrons. The second-order valence-electron chi connectivity index (χ2n) is 8.72. The Bertz CT molecular complexity index is 1020. The highest BCUT2D eigenvalue weighted by atomic mass is 32.2. The van der Waals surface area contributed by atoms with Crippen molar-refractivity contribution in [1.82, 2.24) is 4.90 Å². The number of benzene rings is 2. The molecule has 0 aliphatic carbocycles. The van der Waals surface area contributed by atoms with E-state index in [2.05, 4.69) is 58.3 Å². The number of hydrogen-bond donors (Lipinski definition) is 0. The Morgan fingerprint density at radius 3 is 1.91 bits per heavy atom. The Morgan fingerprint density at radius 2 is 1.31 bits per heavy atom. The molecule has 6 heteroatoms. The van der Waals surface area contributed by atoms with Crippen LogP contribution in [0.4, 0.5) is 17.1 Å². The van der Waals surface area contributed by atoms with Gasteiger partial charge in [0.2, 0.25) is 0 Å². The van der Waals surface area contributed by atoms with Gasteiger partial charge in [0, 0.05) is 44.6 Å². The normalized spacial score (nSPS) is 21.9. The Balaban J connectivity index is 1.29. The van der Waals surface area contributed by atoms with Gasteiger partial charge in [0.25, 0.3) is 5.91 Å². The Kier molecular flexibility index (Phi) is 6.21. The van der Waals surface area contributed by atoms with E-state index < -0.39 is 0 Å². The van der Waals surface area contributed by atoms with Crippen LogP contribution in [0.2, 0.25) is 0 Å². The molecule has 2 aromatic rings. The summed E-state index contributed by atoms with van der Waals surface area (Å²) < 4.78 is 0. The van der Waals surface area contributed by atoms with Gasteiger partial charge in [-0.05, 0) is 91.9 Å². The lowest BCUT2D eigenvalue weighted by molar-refractivity contribution is -0.121. The lowest BCUT2D eigenvalue weighted by atomic mass is 10.1. The molecule has 0 aromatic heterocycles. The van der Waals surface area contributed by atoms with Crippen molar-refractivity contribution >= 4 is 46.0 Å². The van der Waals surface area contributed by atoms with Gasteiger partial charge in [-0.1, -0.05) is 12.1 Å². The number of thioether (sulfide) groups is 1. The second-order valence-corrected chi connectivity index (χ2v) is 9.73. The number of anilines is 2. The van der Waals surface area contributed by atoms with Crippen molar-refractivity contribution in [2.75, 3.05) is 43.0 Å². The highest BCUT2D eigenvalue weighted by Gasteiger charge is 2.30. The zero-order chi connectivity index (χ0) is 21.9. The summed E-state index contributed by atoms with van der Waals surface area (Å²) in [5, 5.41) is 0.723. The van der Waals surface area contributed by atoms with Crippen LogP contribution in [0.3, 0.4) is 0 Å². The molecule has 5 rings (SSSR count). The molecule has 0 N–H and O–H groups in total. The fraction of sp³-hybridized carbons (Fsp3) is 0.385. The maximum absolute atomic E-state index is 12.8. The Morgan fingerprint density at radius 1 is 0.781 bits per heavy atom. The molecule has 3 aliphatic rings. The van der Waals surface area contributed by atoms with Crippen molar-refractivity contribution in [1.29, 1.82) is 0 Å². The summed E-state index contributed by atoms with van der Waals surface area (Å²) in [6.45, 7) is 4.54. The van der Waals surface area contributed by atoms with Crippen LogP contribution in [0.5, 0.6) is 0 Å². The van der Waals surface area contributed by atoms with Crippen LogP contribution >= 0.6 is 11.8 Å². The molecule has 2 aromatic carbocycles. The summed E-state index contributed by atoms with van der Waals surface area (Å²) in [5.74, 6) is 0.00214. The van der Waals surface area contributed by atoms with Crippen LogP contribution in [-0.4, -0.2) is 49.2 Å². The quantitative estimate of drug-likeness (QED) is 0.581. The van der Waals surface area contributed by atoms with Gasteiger partial charge in [-0.2, -0.15) is 0 Å². The summed E-state index contributed by atoms with van der Waals surface area (Å²) in [7, 11) is 1.80. The average Bonchev–Trinajstić information content (AvgIpc) is 3.46. The van der Waals surface area contributed by atoms with Crippen molar-refractivity contribution in [3.63, 3.8) is 0 Å². The largest absolute Gasteiger partial charge is 0.372 e. The first kappa shape index (κ1) is 21.1. The minimum absolute atomic E-state index is 0.00214. The van der Waals surface area contributed by atoms with Crippen LogP contribution in [0.25, 0.3) is 6.08 Å². The van der Waals surface area contributed by atoms with Gasteiger partial charge in [0.1, 0.15) is 0 Å². The number of nitrogens with zero attached hydrogens (tertiary/aromatic N) is 4. The van der Waals surface area contributed by atoms with Gasteiger partial charge >= 0.3 is 0 Å². The number of carbonyl (C=O) groups excluding carboxylic acids is 1. The molecular weight excluding hydrogens is 416 g/mol. The first-order chi connectivity index (χ1) is 15.7. The van der Waals surface area contributed by atoms with Crippen molar-refractivity contribution in [3.8, 4) is 0 Å². The summed E-state index contributed by atoms with van der Waals surface area (Å²) in [4.78, 5) is 24.8. The van der Waals surface area contributed by atoms with Crippen molar-refractivity contribution in [2.24, 2.45) is 4.99 Å². The van der Waals surface area contributed by atoms with E-state index in [-0.39, 0.29) is 5.91 Å². The zero-order valence-electron chi connectivity index (χ0n) is 18.7. The van der Waals surface area contributed by atoms with Gasteiger partial charge in [0.15, 0.2) is 5.17 Å². The topological polar surface area (TPSA) is 39.2 Å². The lowest BCUT2D eigenvalue weighted by Crippen LogP contribution is -2.29. The van der Waals surface area contributed by atoms with E-state index in [1.54, 1.807) is 11.9 Å². The van der Waals surface area contributed by atoms with Crippen LogP contribution < -0.4 is 9.80 Å². The predicted molar refractivity (Wildman–Crippen MR) is 136 cm³/mol. The molecule has 166 valence electrons. The third-order valence-electron chi connectivity index (χ3n) is 6.46. The maximum atomic E-state index is 12.8. The number of likely N-dealkylation sites (N-methyl/N-ethyl adjacent to an activating group) is 1. The van der Waals surface area contributed by atoms with Crippen LogP contribution in [0, 0.1) is 0 Å². The summed E-state index contributed by atoms with van der Waals surface area (Å²) in [6.07, 6.45) is 8.38. The first-order valence-electron chi connectivity index (χ1n) is 11.6. The van der Waals surface area contributed by atoms with E-state index in [4.69, 9.17) is 4.99 Å². The predicted octanol–water partition coefficient (Wildman–Crippen LogP) is 5.51. The van der Waals surface area contributed by atoms with Crippen molar-refractivity contribution < 1.29 is 4.79 Å². The van der Waals surface area contributed by atoms with Crippen LogP contribution in [0.1, 0.15) is 37.7 Å². The summed E-state index contributed by atoms with van der Waals surface area (Å²) >= 11 is 1.44. The van der Waals surface area contributed by atoms with E-state index in [1.165, 1.54) is 55.2 Å². The van der Waals surface area contributed by atoms with E-state index >= 15 is 0 Å². The average molecular weight is 447 g/mol. The van der Waals surface area contributed by atoms with E-state index in [9.17, 15) is 4.79 Å². The fourth-order valence-corrected chi connectivity index (χ4v) is 5.55. The standard InChI is InChI=1S/C26H30N4OS/c1-28-25(31)24(19-20-7-11-22(12-8-20)30-17-5-6-18-30)32-26(28)27-21-9-13-23(14-10-21)29-15-3-2-4-16-29/h7-14,19H,2-6,15-18H2,1H3/b24-19-,27-26?. The van der Waals surface area contributed by atoms with Crippen LogP contribution in [-0.2, 0) is 4.79 Å². The van der Waals surface area contributed by atoms with Crippen molar-refractivity contribution in [3.05, 3.63) is 59.0 Å². The molecule has 0 unspecified atom stereocenters. The maximum Gasteiger partial charge on any atom is 0.266 e. The number of rotatable bonds is 4. The van der Waals surface area contributed by atoms with Gasteiger partial charge in [-0.15, -0.1) is 0 Å². The number of aliphatic imine (C=N–C) groups is 1. The lowest BCUT2D eigenvalue weighted by Gasteiger charge is -2.28. The molecule has 3 fully saturated rings. The van der Waals surface area contributed by atoms with Gasteiger partial charge in [-0.3, -0.25) is 9.69 Å². The van der Waals surface area contributed by atoms with E-state index in [0.717, 1.165) is 42.6 Å². The molecule has 0 saturated carbocycles. The highest BCUT2D eigenvalue weighted by Crippen LogP contribution is 2.34. The Hall–Kier alpha value is -2.73. The van der Waals surface area contributed by atoms with Gasteiger partial charge in [0.05, 0.1) is 10.6 Å². The van der Waals surface area contributed by atoms with Gasteiger partial charge in [-0.25, -0.2) is 4.99 Å². The molecule has 1 amide bonds. The third kappa shape index (κ3) is 4.56.